The molecule has 1 rings (SSSR count). The highest BCUT2D eigenvalue weighted by atomic mass is 32.2. The summed E-state index contributed by atoms with van der Waals surface area (Å²) in [5.74, 6) is 1.29. The molecule has 2 N–H and O–H groups in total. The van der Waals surface area contributed by atoms with Gasteiger partial charge in [-0.1, -0.05) is 0 Å². The number of aliphatic hydroxyl groups excluding tert-OH is 1. The monoisotopic (exact) mass is 232 g/mol. The molecule has 4 heteroatoms. The van der Waals surface area contributed by atoms with Crippen molar-refractivity contribution in [1.82, 2.24) is 10.2 Å². The van der Waals surface area contributed by atoms with Gasteiger partial charge in [0.2, 0.25) is 0 Å². The molecular formula is C11H24N2OS. The number of hydrogen-bond donors (Lipinski definition) is 2. The van der Waals surface area contributed by atoms with E-state index >= 15 is 0 Å². The molecule has 0 saturated carbocycles. The van der Waals surface area contributed by atoms with Crippen LogP contribution in [0.4, 0.5) is 0 Å². The Morgan fingerprint density at radius 2 is 2.27 bits per heavy atom. The van der Waals surface area contributed by atoms with E-state index in [2.05, 4.69) is 24.0 Å². The Balaban J connectivity index is 2.10. The molecule has 0 aromatic heterocycles. The van der Waals surface area contributed by atoms with Crippen LogP contribution in [0.3, 0.4) is 0 Å². The molecule has 3 nitrogen and oxygen atoms in total. The lowest BCUT2D eigenvalue weighted by molar-refractivity contribution is 0.134. The van der Waals surface area contributed by atoms with E-state index in [0.29, 0.717) is 11.3 Å². The zero-order valence-corrected chi connectivity index (χ0v) is 10.9. The van der Waals surface area contributed by atoms with Crippen LogP contribution in [-0.2, 0) is 0 Å². The van der Waals surface area contributed by atoms with E-state index in [-0.39, 0.29) is 6.10 Å². The van der Waals surface area contributed by atoms with Crippen LogP contribution in [-0.4, -0.2) is 60.3 Å². The van der Waals surface area contributed by atoms with Crippen molar-refractivity contribution in [2.45, 2.75) is 30.6 Å². The van der Waals surface area contributed by atoms with Crippen LogP contribution in [0.2, 0.25) is 0 Å². The van der Waals surface area contributed by atoms with Crippen LogP contribution < -0.4 is 5.32 Å². The summed E-state index contributed by atoms with van der Waals surface area (Å²) in [6.45, 7) is 4.77. The maximum Gasteiger partial charge on any atom is 0.0791 e. The number of nitrogens with one attached hydrogen (secondary N) is 1. The minimum Gasteiger partial charge on any atom is -0.390 e. The van der Waals surface area contributed by atoms with Gasteiger partial charge in [0.05, 0.1) is 6.10 Å². The minimum absolute atomic E-state index is 0.255. The first kappa shape index (κ1) is 13.3. The highest BCUT2D eigenvalue weighted by Gasteiger charge is 2.28. The molecule has 0 bridgehead atoms. The molecule has 1 heterocycles. The number of nitrogens with zero attached hydrogens (tertiary/aromatic N) is 1. The summed E-state index contributed by atoms with van der Waals surface area (Å²) in [6, 6.07) is 0. The first-order valence-corrected chi connectivity index (χ1v) is 6.68. The van der Waals surface area contributed by atoms with Gasteiger partial charge in [-0.3, -0.25) is 0 Å². The smallest absolute Gasteiger partial charge is 0.0791 e. The third kappa shape index (κ3) is 5.20. The fraction of sp³-hybridized carbons (Fsp3) is 1.00. The van der Waals surface area contributed by atoms with E-state index in [0.717, 1.165) is 13.1 Å². The third-order valence-electron chi connectivity index (χ3n) is 2.76. The second-order valence-electron chi connectivity index (χ2n) is 4.95. The summed E-state index contributed by atoms with van der Waals surface area (Å²) in [6.07, 6.45) is 2.38. The van der Waals surface area contributed by atoms with E-state index in [1.807, 2.05) is 19.0 Å². The molecule has 0 aliphatic carbocycles. The van der Waals surface area contributed by atoms with Crippen LogP contribution in [0, 0.1) is 0 Å². The van der Waals surface area contributed by atoms with Crippen LogP contribution in [0.1, 0.15) is 19.8 Å². The summed E-state index contributed by atoms with van der Waals surface area (Å²) >= 11 is 2.06. The quantitative estimate of drug-likeness (QED) is 0.709. The molecule has 0 aromatic rings. The molecule has 90 valence electrons. The fourth-order valence-corrected chi connectivity index (χ4v) is 3.24. The summed E-state index contributed by atoms with van der Waals surface area (Å²) in [7, 11) is 3.97. The predicted molar refractivity (Wildman–Crippen MR) is 67.5 cm³/mol. The van der Waals surface area contributed by atoms with Crippen molar-refractivity contribution in [1.29, 1.82) is 0 Å². The van der Waals surface area contributed by atoms with E-state index in [1.54, 1.807) is 0 Å². The van der Waals surface area contributed by atoms with Crippen LogP contribution >= 0.6 is 11.8 Å². The molecule has 0 amide bonds. The van der Waals surface area contributed by atoms with Gasteiger partial charge in [0.15, 0.2) is 0 Å². The van der Waals surface area contributed by atoms with Crippen LogP contribution in [0.25, 0.3) is 0 Å². The summed E-state index contributed by atoms with van der Waals surface area (Å²) in [5.41, 5.74) is 0. The lowest BCUT2D eigenvalue weighted by atomic mass is 10.1. The van der Waals surface area contributed by atoms with Crippen LogP contribution in [0.5, 0.6) is 0 Å². The third-order valence-corrected chi connectivity index (χ3v) is 4.29. The van der Waals surface area contributed by atoms with Crippen molar-refractivity contribution in [2.75, 3.05) is 39.5 Å². The lowest BCUT2D eigenvalue weighted by Crippen LogP contribution is -2.40. The topological polar surface area (TPSA) is 35.5 Å². The van der Waals surface area contributed by atoms with Gasteiger partial charge in [-0.15, -0.1) is 0 Å². The Morgan fingerprint density at radius 3 is 2.80 bits per heavy atom. The standard InChI is InChI=1S/C11H24N2OS/c1-11(5-4-6-15-11)9-12-7-10(14)8-13(2)3/h10,12,14H,4-9H2,1-3H3. The number of hydrogen-bond acceptors (Lipinski definition) is 4. The first-order valence-electron chi connectivity index (χ1n) is 5.69. The summed E-state index contributed by atoms with van der Waals surface area (Å²) in [4.78, 5) is 2.01. The van der Waals surface area contributed by atoms with Crippen molar-refractivity contribution in [3.05, 3.63) is 0 Å². The molecular weight excluding hydrogens is 208 g/mol. The van der Waals surface area contributed by atoms with Gasteiger partial charge in [-0.2, -0.15) is 11.8 Å². The molecule has 1 fully saturated rings. The van der Waals surface area contributed by atoms with Gasteiger partial charge in [0, 0.05) is 24.4 Å². The van der Waals surface area contributed by atoms with Gasteiger partial charge in [0.1, 0.15) is 0 Å². The Bertz CT molecular complexity index is 181. The lowest BCUT2D eigenvalue weighted by Gasteiger charge is -2.24. The summed E-state index contributed by atoms with van der Waals surface area (Å²) in [5, 5.41) is 13.0. The van der Waals surface area contributed by atoms with Crippen LogP contribution in [0.15, 0.2) is 0 Å². The van der Waals surface area contributed by atoms with Crippen molar-refractivity contribution in [3.8, 4) is 0 Å². The van der Waals surface area contributed by atoms with Gasteiger partial charge >= 0.3 is 0 Å². The van der Waals surface area contributed by atoms with Crippen molar-refractivity contribution < 1.29 is 5.11 Å². The number of rotatable bonds is 6. The molecule has 0 spiro atoms. The van der Waals surface area contributed by atoms with Gasteiger partial charge < -0.3 is 15.3 Å². The Kier molecular flexibility index (Phi) is 5.39. The average molecular weight is 232 g/mol. The zero-order valence-electron chi connectivity index (χ0n) is 10.1. The fourth-order valence-electron chi connectivity index (χ4n) is 1.97. The maximum atomic E-state index is 9.67. The number of thioether (sulfide) groups is 1. The molecule has 2 unspecified atom stereocenters. The van der Waals surface area contributed by atoms with Gasteiger partial charge in [-0.25, -0.2) is 0 Å². The average Bonchev–Trinajstić information content (AvgIpc) is 2.51. The molecule has 0 aromatic carbocycles. The van der Waals surface area contributed by atoms with Crippen molar-refractivity contribution in [3.63, 3.8) is 0 Å². The minimum atomic E-state index is -0.255. The van der Waals surface area contributed by atoms with E-state index < -0.39 is 0 Å². The predicted octanol–water partition coefficient (Wildman–Crippen LogP) is 0.784. The normalized spacial score (nSPS) is 28.6. The SMILES string of the molecule is CN(C)CC(O)CNCC1(C)CCCS1. The van der Waals surface area contributed by atoms with E-state index in [1.165, 1.54) is 18.6 Å². The Morgan fingerprint density at radius 1 is 1.53 bits per heavy atom. The molecule has 1 aliphatic rings. The number of likely N-dealkylation sites (N-methyl/N-ethyl adjacent to an activating group) is 1. The van der Waals surface area contributed by atoms with Crippen molar-refractivity contribution in [2.24, 2.45) is 0 Å². The molecule has 1 aliphatic heterocycles. The highest BCUT2D eigenvalue weighted by Crippen LogP contribution is 2.36. The van der Waals surface area contributed by atoms with Gasteiger partial charge in [0.25, 0.3) is 0 Å². The Labute approximate surface area is 97.6 Å². The largest absolute Gasteiger partial charge is 0.390 e. The molecule has 0 radical (unpaired) electrons. The Hall–Kier alpha value is 0.230. The second kappa shape index (κ2) is 6.09. The molecule has 2 atom stereocenters. The number of aliphatic hydroxyl groups is 1. The maximum absolute atomic E-state index is 9.67. The first-order chi connectivity index (χ1) is 7.02. The summed E-state index contributed by atoms with van der Waals surface area (Å²) < 4.78 is 0.401. The van der Waals surface area contributed by atoms with Crippen molar-refractivity contribution >= 4 is 11.8 Å². The highest BCUT2D eigenvalue weighted by molar-refractivity contribution is 8.00. The van der Waals surface area contributed by atoms with Gasteiger partial charge in [-0.05, 0) is 39.6 Å². The second-order valence-corrected chi connectivity index (χ2v) is 6.63. The van der Waals surface area contributed by atoms with E-state index in [4.69, 9.17) is 0 Å². The van der Waals surface area contributed by atoms with E-state index in [9.17, 15) is 5.11 Å². The molecule has 1 saturated heterocycles. The molecule has 15 heavy (non-hydrogen) atoms. The zero-order chi connectivity index (χ0) is 11.3.